The molecule has 138 valence electrons. The van der Waals surface area contributed by atoms with Crippen LogP contribution in [0.4, 0.5) is 0 Å². The van der Waals surface area contributed by atoms with Crippen molar-refractivity contribution in [1.29, 1.82) is 0 Å². The van der Waals surface area contributed by atoms with Gasteiger partial charge in [0.1, 0.15) is 36.6 Å². The summed E-state index contributed by atoms with van der Waals surface area (Å²) in [5, 5.41) is 10.1. The quantitative estimate of drug-likeness (QED) is 0.424. The van der Waals surface area contributed by atoms with Crippen molar-refractivity contribution in [3.63, 3.8) is 0 Å². The minimum atomic E-state index is -0.824. The second kappa shape index (κ2) is 11.7. The van der Waals surface area contributed by atoms with Crippen LogP contribution in [0.3, 0.4) is 0 Å². The maximum atomic E-state index is 11.5. The number of carbonyl (C=O) groups is 4. The average molecular weight is 344 g/mol. The van der Waals surface area contributed by atoms with Crippen molar-refractivity contribution in [2.45, 2.75) is 84.5 Å². The fourth-order valence-corrected chi connectivity index (χ4v) is 2.16. The van der Waals surface area contributed by atoms with Crippen LogP contribution in [0.15, 0.2) is 0 Å². The Hall–Kier alpha value is -1.76. The predicted molar refractivity (Wildman–Crippen MR) is 86.2 cm³/mol. The average Bonchev–Trinajstić information content (AvgIpc) is 2.43. The van der Waals surface area contributed by atoms with Crippen LogP contribution in [0.25, 0.3) is 0 Å². The molecule has 0 aliphatic heterocycles. The van der Waals surface area contributed by atoms with Crippen molar-refractivity contribution >= 4 is 23.5 Å². The number of Topliss-reactive ketones (excluding diaryl/α,β-unsaturated/α-hetero) is 2. The zero-order chi connectivity index (χ0) is 18.7. The van der Waals surface area contributed by atoms with Gasteiger partial charge in [0.15, 0.2) is 0 Å². The lowest BCUT2D eigenvalue weighted by atomic mass is 10.0. The van der Waals surface area contributed by atoms with E-state index < -0.39 is 30.3 Å². The zero-order valence-corrected chi connectivity index (χ0v) is 14.9. The van der Waals surface area contributed by atoms with E-state index in [4.69, 9.17) is 9.47 Å². The molecule has 0 aromatic carbocycles. The van der Waals surface area contributed by atoms with Gasteiger partial charge in [0.25, 0.3) is 0 Å². The van der Waals surface area contributed by atoms with E-state index in [1.807, 2.05) is 13.8 Å². The van der Waals surface area contributed by atoms with Gasteiger partial charge in [0.2, 0.25) is 0 Å². The van der Waals surface area contributed by atoms with Gasteiger partial charge in [-0.25, -0.2) is 0 Å². The van der Waals surface area contributed by atoms with Crippen LogP contribution >= 0.6 is 0 Å². The number of carbonyl (C=O) groups excluding carboxylic acids is 4. The van der Waals surface area contributed by atoms with E-state index >= 15 is 0 Å². The standard InChI is InChI=1S/C17H28O7/c1-5-14(23-16(21)7-11(3)18)9-13(20)10-15(6-2)24-17(22)8-12(4)19/h13-15,20H,5-10H2,1-4H3. The third-order valence-corrected chi connectivity index (χ3v) is 3.36. The lowest BCUT2D eigenvalue weighted by Crippen LogP contribution is -2.29. The van der Waals surface area contributed by atoms with Crippen LogP contribution in [0.2, 0.25) is 0 Å². The molecule has 0 radical (unpaired) electrons. The largest absolute Gasteiger partial charge is 0.462 e. The number of esters is 2. The van der Waals surface area contributed by atoms with Gasteiger partial charge in [-0.05, 0) is 26.7 Å². The highest BCUT2D eigenvalue weighted by atomic mass is 16.5. The Labute approximate surface area is 142 Å². The molecule has 0 aromatic rings. The van der Waals surface area contributed by atoms with Crippen molar-refractivity contribution in [1.82, 2.24) is 0 Å². The van der Waals surface area contributed by atoms with E-state index in [-0.39, 0.29) is 37.2 Å². The molecule has 0 bridgehead atoms. The van der Waals surface area contributed by atoms with Crippen LogP contribution < -0.4 is 0 Å². The van der Waals surface area contributed by atoms with E-state index in [2.05, 4.69) is 0 Å². The van der Waals surface area contributed by atoms with Gasteiger partial charge in [0, 0.05) is 12.8 Å². The van der Waals surface area contributed by atoms with Crippen LogP contribution in [0.5, 0.6) is 0 Å². The summed E-state index contributed by atoms with van der Waals surface area (Å²) in [6, 6.07) is 0. The van der Waals surface area contributed by atoms with Crippen LogP contribution in [0, 0.1) is 0 Å². The number of ether oxygens (including phenoxy) is 2. The fourth-order valence-electron chi connectivity index (χ4n) is 2.16. The molecule has 1 N–H and O–H groups in total. The summed E-state index contributed by atoms with van der Waals surface area (Å²) in [5.41, 5.74) is 0. The highest BCUT2D eigenvalue weighted by Crippen LogP contribution is 2.16. The van der Waals surface area contributed by atoms with Crippen molar-refractivity contribution in [2.75, 3.05) is 0 Å². The molecule has 0 amide bonds. The van der Waals surface area contributed by atoms with E-state index in [1.165, 1.54) is 13.8 Å². The molecule has 2 atom stereocenters. The van der Waals surface area contributed by atoms with Crippen molar-refractivity contribution in [3.05, 3.63) is 0 Å². The molecular formula is C17H28O7. The van der Waals surface area contributed by atoms with E-state index in [9.17, 15) is 24.3 Å². The molecule has 0 saturated carbocycles. The molecule has 7 nitrogen and oxygen atoms in total. The SMILES string of the molecule is CCC(CC(O)CC(CC)OC(=O)CC(C)=O)OC(=O)CC(C)=O. The first kappa shape index (κ1) is 22.2. The summed E-state index contributed by atoms with van der Waals surface area (Å²) >= 11 is 0. The first-order valence-corrected chi connectivity index (χ1v) is 8.23. The minimum absolute atomic E-state index is 0.195. The third kappa shape index (κ3) is 10.9. The van der Waals surface area contributed by atoms with Crippen LogP contribution in [0.1, 0.15) is 66.2 Å². The Kier molecular flexibility index (Phi) is 10.9. The Bertz CT molecular complexity index is 404. The minimum Gasteiger partial charge on any atom is -0.462 e. The lowest BCUT2D eigenvalue weighted by Gasteiger charge is -2.23. The molecule has 2 unspecified atom stereocenters. The number of aliphatic hydroxyl groups is 1. The molecule has 0 aliphatic carbocycles. The molecule has 0 fully saturated rings. The monoisotopic (exact) mass is 344 g/mol. The summed E-state index contributed by atoms with van der Waals surface area (Å²) in [5.74, 6) is -1.78. The molecule has 0 saturated heterocycles. The number of ketones is 2. The molecule has 0 aliphatic rings. The van der Waals surface area contributed by atoms with Gasteiger partial charge in [-0.2, -0.15) is 0 Å². The zero-order valence-electron chi connectivity index (χ0n) is 14.9. The van der Waals surface area contributed by atoms with Crippen molar-refractivity contribution in [2.24, 2.45) is 0 Å². The molecule has 0 aromatic heterocycles. The van der Waals surface area contributed by atoms with Gasteiger partial charge in [-0.15, -0.1) is 0 Å². The molecule has 0 spiro atoms. The predicted octanol–water partition coefficient (Wildman–Crippen LogP) is 1.73. The highest BCUT2D eigenvalue weighted by Gasteiger charge is 2.22. The fraction of sp³-hybridized carbons (Fsp3) is 0.765. The molecule has 24 heavy (non-hydrogen) atoms. The first-order chi connectivity index (χ1) is 11.2. The Morgan fingerprint density at radius 2 is 1.12 bits per heavy atom. The molecular weight excluding hydrogens is 316 g/mol. The van der Waals surface area contributed by atoms with Gasteiger partial charge < -0.3 is 14.6 Å². The number of aliphatic hydroxyl groups excluding tert-OH is 1. The molecule has 7 heteroatoms. The number of hydrogen-bond acceptors (Lipinski definition) is 7. The smallest absolute Gasteiger partial charge is 0.313 e. The maximum absolute atomic E-state index is 11.5. The van der Waals surface area contributed by atoms with Crippen LogP contribution in [-0.2, 0) is 28.7 Å². The number of hydrogen-bond donors (Lipinski definition) is 1. The van der Waals surface area contributed by atoms with Crippen molar-refractivity contribution in [3.8, 4) is 0 Å². The Morgan fingerprint density at radius 3 is 1.38 bits per heavy atom. The number of rotatable bonds is 12. The topological polar surface area (TPSA) is 107 Å². The summed E-state index contributed by atoms with van der Waals surface area (Å²) < 4.78 is 10.3. The summed E-state index contributed by atoms with van der Waals surface area (Å²) in [6.07, 6.45) is -1.00. The van der Waals surface area contributed by atoms with Crippen LogP contribution in [-0.4, -0.2) is 46.9 Å². The van der Waals surface area contributed by atoms with E-state index in [1.54, 1.807) is 0 Å². The maximum Gasteiger partial charge on any atom is 0.313 e. The van der Waals surface area contributed by atoms with Gasteiger partial charge in [-0.1, -0.05) is 13.8 Å². The third-order valence-electron chi connectivity index (χ3n) is 3.36. The first-order valence-electron chi connectivity index (χ1n) is 8.23. The van der Waals surface area contributed by atoms with Crippen molar-refractivity contribution < 1.29 is 33.8 Å². The van der Waals surface area contributed by atoms with Gasteiger partial charge in [0.05, 0.1) is 6.10 Å². The normalized spacial score (nSPS) is 14.4. The summed E-state index contributed by atoms with van der Waals surface area (Å²) in [7, 11) is 0. The Morgan fingerprint density at radius 1 is 0.792 bits per heavy atom. The highest BCUT2D eigenvalue weighted by molar-refractivity contribution is 5.94. The van der Waals surface area contributed by atoms with E-state index in [0.29, 0.717) is 12.8 Å². The van der Waals surface area contributed by atoms with Gasteiger partial charge >= 0.3 is 11.9 Å². The molecule has 0 heterocycles. The van der Waals surface area contributed by atoms with Gasteiger partial charge in [-0.3, -0.25) is 19.2 Å². The van der Waals surface area contributed by atoms with E-state index in [0.717, 1.165) is 0 Å². The second-order valence-corrected chi connectivity index (χ2v) is 5.92. The Balaban J connectivity index is 4.41. The summed E-state index contributed by atoms with van der Waals surface area (Å²) in [6.45, 7) is 6.22. The second-order valence-electron chi connectivity index (χ2n) is 5.92. The lowest BCUT2D eigenvalue weighted by molar-refractivity contribution is -0.153. The summed E-state index contributed by atoms with van der Waals surface area (Å²) in [4.78, 5) is 44.8. The molecule has 0 rings (SSSR count).